The first-order valence-electron chi connectivity index (χ1n) is 6.67. The fourth-order valence-corrected chi connectivity index (χ4v) is 2.18. The van der Waals surface area contributed by atoms with E-state index >= 15 is 0 Å². The summed E-state index contributed by atoms with van der Waals surface area (Å²) in [5, 5.41) is 4.13. The van der Waals surface area contributed by atoms with Gasteiger partial charge in [0.2, 0.25) is 0 Å². The third-order valence-corrected chi connectivity index (χ3v) is 3.43. The second-order valence-corrected chi connectivity index (χ2v) is 6.04. The maximum absolute atomic E-state index is 5.93. The molecule has 1 heterocycles. The molecule has 0 aliphatic carbocycles. The Kier molecular flexibility index (Phi) is 4.48. The van der Waals surface area contributed by atoms with Gasteiger partial charge in [0.15, 0.2) is 0 Å². The van der Waals surface area contributed by atoms with Gasteiger partial charge in [0.1, 0.15) is 11.9 Å². The lowest BCUT2D eigenvalue weighted by molar-refractivity contribution is 0.105. The zero-order chi connectivity index (χ0) is 13.9. The molecular formula is C15H21ClN2O. The summed E-state index contributed by atoms with van der Waals surface area (Å²) in [5.41, 5.74) is 1.29. The Morgan fingerprint density at radius 3 is 2.58 bits per heavy atom. The monoisotopic (exact) mass is 280 g/mol. The van der Waals surface area contributed by atoms with Crippen LogP contribution in [0.4, 0.5) is 0 Å². The molecule has 19 heavy (non-hydrogen) atoms. The maximum Gasteiger partial charge on any atom is 0.139 e. The van der Waals surface area contributed by atoms with Crippen LogP contribution in [0.25, 0.3) is 0 Å². The first-order valence-corrected chi connectivity index (χ1v) is 7.05. The van der Waals surface area contributed by atoms with Gasteiger partial charge in [-0.25, -0.2) is 0 Å². The molecular weight excluding hydrogens is 260 g/mol. The quantitative estimate of drug-likeness (QED) is 0.916. The average Bonchev–Trinajstić information content (AvgIpc) is 2.38. The van der Waals surface area contributed by atoms with Crippen LogP contribution < -0.4 is 5.32 Å². The molecule has 1 aliphatic rings. The number of nitrogens with one attached hydrogen (secondary N) is 1. The van der Waals surface area contributed by atoms with E-state index in [1.54, 1.807) is 0 Å². The molecule has 0 bridgehead atoms. The Bertz CT molecular complexity index is 454. The standard InChI is InChI=1S/C15H21ClN2O/c1-4-19-13(11-5-7-12(16)8-6-11)14-17-9-15(2,3)10-18-14/h5-8,13H,4,9-10H2,1-3H3,(H,17,18). The van der Waals surface area contributed by atoms with E-state index in [-0.39, 0.29) is 11.5 Å². The van der Waals surface area contributed by atoms with E-state index in [2.05, 4.69) is 24.2 Å². The van der Waals surface area contributed by atoms with Crippen molar-refractivity contribution in [1.29, 1.82) is 0 Å². The van der Waals surface area contributed by atoms with Crippen molar-refractivity contribution in [3.63, 3.8) is 0 Å². The summed E-state index contributed by atoms with van der Waals surface area (Å²) in [4.78, 5) is 4.65. The first kappa shape index (κ1) is 14.4. The van der Waals surface area contributed by atoms with Crippen molar-refractivity contribution in [2.75, 3.05) is 19.7 Å². The highest BCUT2D eigenvalue weighted by atomic mass is 35.5. The average molecular weight is 281 g/mol. The number of hydrogen-bond donors (Lipinski definition) is 1. The Morgan fingerprint density at radius 1 is 1.37 bits per heavy atom. The number of rotatable bonds is 4. The van der Waals surface area contributed by atoms with E-state index in [0.717, 1.165) is 29.5 Å². The molecule has 0 saturated carbocycles. The minimum atomic E-state index is -0.127. The van der Waals surface area contributed by atoms with Crippen molar-refractivity contribution in [3.8, 4) is 0 Å². The Morgan fingerprint density at radius 2 is 2.05 bits per heavy atom. The first-order chi connectivity index (χ1) is 9.02. The van der Waals surface area contributed by atoms with Gasteiger partial charge < -0.3 is 10.1 Å². The van der Waals surface area contributed by atoms with Gasteiger partial charge in [0.05, 0.1) is 0 Å². The summed E-state index contributed by atoms with van der Waals surface area (Å²) >= 11 is 5.93. The number of halogens is 1. The summed E-state index contributed by atoms with van der Waals surface area (Å²) in [6, 6.07) is 7.76. The largest absolute Gasteiger partial charge is 0.371 e. The van der Waals surface area contributed by atoms with Crippen molar-refractivity contribution >= 4 is 17.4 Å². The Labute approximate surface area is 120 Å². The van der Waals surface area contributed by atoms with E-state index in [9.17, 15) is 0 Å². The zero-order valence-electron chi connectivity index (χ0n) is 11.7. The maximum atomic E-state index is 5.93. The van der Waals surface area contributed by atoms with Crippen molar-refractivity contribution in [3.05, 3.63) is 34.9 Å². The molecule has 0 amide bonds. The molecule has 1 N–H and O–H groups in total. The highest BCUT2D eigenvalue weighted by molar-refractivity contribution is 6.30. The van der Waals surface area contributed by atoms with E-state index in [0.29, 0.717) is 6.61 Å². The summed E-state index contributed by atoms with van der Waals surface area (Å²) in [5.74, 6) is 0.920. The van der Waals surface area contributed by atoms with Crippen molar-refractivity contribution in [2.24, 2.45) is 10.4 Å². The summed E-state index contributed by atoms with van der Waals surface area (Å²) in [7, 11) is 0. The molecule has 0 spiro atoms. The molecule has 2 rings (SSSR count). The predicted molar refractivity (Wildman–Crippen MR) is 79.9 cm³/mol. The van der Waals surface area contributed by atoms with Crippen LogP contribution >= 0.6 is 11.6 Å². The molecule has 1 unspecified atom stereocenters. The summed E-state index contributed by atoms with van der Waals surface area (Å²) in [6.07, 6.45) is -0.127. The molecule has 0 radical (unpaired) electrons. The number of hydrogen-bond acceptors (Lipinski definition) is 3. The number of nitrogens with zero attached hydrogens (tertiary/aromatic N) is 1. The lowest BCUT2D eigenvalue weighted by Crippen LogP contribution is -2.43. The second kappa shape index (κ2) is 5.93. The molecule has 1 aliphatic heterocycles. The van der Waals surface area contributed by atoms with Crippen molar-refractivity contribution in [2.45, 2.75) is 26.9 Å². The number of benzene rings is 1. The number of aliphatic imine (C=N–C) groups is 1. The van der Waals surface area contributed by atoms with Crippen molar-refractivity contribution < 1.29 is 4.74 Å². The topological polar surface area (TPSA) is 33.6 Å². The zero-order valence-corrected chi connectivity index (χ0v) is 12.5. The molecule has 3 nitrogen and oxygen atoms in total. The SMILES string of the molecule is CCOC(C1=NCC(C)(C)CN1)c1ccc(Cl)cc1. The lowest BCUT2D eigenvalue weighted by atomic mass is 9.92. The Balaban J connectivity index is 2.21. The van der Waals surface area contributed by atoms with Crippen LogP contribution in [0.2, 0.25) is 5.02 Å². The minimum Gasteiger partial charge on any atom is -0.371 e. The van der Waals surface area contributed by atoms with Gasteiger partial charge in [0, 0.05) is 30.1 Å². The van der Waals surface area contributed by atoms with Gasteiger partial charge in [0.25, 0.3) is 0 Å². The predicted octanol–water partition coefficient (Wildman–Crippen LogP) is 3.45. The van der Waals surface area contributed by atoms with E-state index in [4.69, 9.17) is 16.3 Å². The van der Waals surface area contributed by atoms with Crippen LogP contribution in [0.15, 0.2) is 29.3 Å². The highest BCUT2D eigenvalue weighted by Crippen LogP contribution is 2.25. The molecule has 104 valence electrons. The third-order valence-electron chi connectivity index (χ3n) is 3.18. The fraction of sp³-hybridized carbons (Fsp3) is 0.533. The molecule has 1 aromatic rings. The van der Waals surface area contributed by atoms with E-state index < -0.39 is 0 Å². The van der Waals surface area contributed by atoms with Crippen molar-refractivity contribution in [1.82, 2.24) is 5.32 Å². The lowest BCUT2D eigenvalue weighted by Gasteiger charge is -2.32. The van der Waals surface area contributed by atoms with Gasteiger partial charge in [-0.05, 0) is 24.6 Å². The highest BCUT2D eigenvalue weighted by Gasteiger charge is 2.27. The van der Waals surface area contributed by atoms with Gasteiger partial charge in [-0.15, -0.1) is 0 Å². The van der Waals surface area contributed by atoms with Crippen LogP contribution in [0.5, 0.6) is 0 Å². The smallest absolute Gasteiger partial charge is 0.139 e. The van der Waals surface area contributed by atoms with Crippen LogP contribution in [-0.2, 0) is 4.74 Å². The number of ether oxygens (including phenoxy) is 1. The molecule has 0 aromatic heterocycles. The number of amidine groups is 1. The fourth-order valence-electron chi connectivity index (χ4n) is 2.05. The molecule has 0 fully saturated rings. The third kappa shape index (κ3) is 3.71. The normalized spacial score (nSPS) is 19.5. The van der Waals surface area contributed by atoms with Crippen LogP contribution in [0.3, 0.4) is 0 Å². The van der Waals surface area contributed by atoms with Gasteiger partial charge in [-0.2, -0.15) is 0 Å². The second-order valence-electron chi connectivity index (χ2n) is 5.61. The van der Waals surface area contributed by atoms with E-state index in [1.165, 1.54) is 0 Å². The van der Waals surface area contributed by atoms with Gasteiger partial charge >= 0.3 is 0 Å². The van der Waals surface area contributed by atoms with Crippen LogP contribution in [-0.4, -0.2) is 25.5 Å². The molecule has 1 atom stereocenters. The molecule has 4 heteroatoms. The Hall–Kier alpha value is -1.06. The van der Waals surface area contributed by atoms with E-state index in [1.807, 2.05) is 31.2 Å². The van der Waals surface area contributed by atoms with Crippen LogP contribution in [0.1, 0.15) is 32.4 Å². The molecule has 1 aromatic carbocycles. The summed E-state index contributed by atoms with van der Waals surface area (Å²) < 4.78 is 5.84. The minimum absolute atomic E-state index is 0.127. The molecule has 0 saturated heterocycles. The summed E-state index contributed by atoms with van der Waals surface area (Å²) in [6.45, 7) is 8.81. The van der Waals surface area contributed by atoms with Gasteiger partial charge in [-0.3, -0.25) is 4.99 Å². The van der Waals surface area contributed by atoms with Crippen LogP contribution in [0, 0.1) is 5.41 Å². The van der Waals surface area contributed by atoms with Gasteiger partial charge in [-0.1, -0.05) is 37.6 Å².